The van der Waals surface area contributed by atoms with Gasteiger partial charge in [-0.15, -0.1) is 0 Å². The number of aryl methyl sites for hydroxylation is 1. The van der Waals surface area contributed by atoms with Crippen molar-refractivity contribution >= 4 is 17.9 Å². The molecule has 1 rings (SSSR count). The van der Waals surface area contributed by atoms with Crippen molar-refractivity contribution in [3.8, 4) is 5.75 Å². The summed E-state index contributed by atoms with van der Waals surface area (Å²) < 4.78 is 10.3. The Kier molecular flexibility index (Phi) is 5.71. The number of hydrogen-bond donors (Lipinski definition) is 2. The summed E-state index contributed by atoms with van der Waals surface area (Å²) in [6.45, 7) is 4.73. The minimum Gasteiger partial charge on any atom is -0.479 e. The summed E-state index contributed by atoms with van der Waals surface area (Å²) in [6.07, 6.45) is -2.04. The van der Waals surface area contributed by atoms with E-state index in [-0.39, 0.29) is 0 Å². The number of carbonyl (C=O) groups is 3. The average molecular weight is 294 g/mol. The van der Waals surface area contributed by atoms with E-state index in [2.05, 4.69) is 0 Å². The molecule has 0 heterocycles. The Hall–Kier alpha value is -2.57. The highest BCUT2D eigenvalue weighted by Gasteiger charge is 2.23. The van der Waals surface area contributed by atoms with Crippen LogP contribution in [-0.2, 0) is 14.3 Å². The Labute approximate surface area is 122 Å². The highest BCUT2D eigenvalue weighted by Crippen LogP contribution is 2.14. The van der Waals surface area contributed by atoms with Crippen molar-refractivity contribution in [3.63, 3.8) is 0 Å². The van der Waals surface area contributed by atoms with Crippen molar-refractivity contribution in [2.75, 3.05) is 0 Å². The molecule has 3 amide bonds. The van der Waals surface area contributed by atoms with Crippen LogP contribution >= 0.6 is 0 Å². The van der Waals surface area contributed by atoms with E-state index in [9.17, 15) is 14.4 Å². The predicted octanol–water partition coefficient (Wildman–Crippen LogP) is 0.889. The molecule has 114 valence electrons. The van der Waals surface area contributed by atoms with E-state index in [1.165, 1.54) is 13.8 Å². The topological polar surface area (TPSA) is 108 Å². The average Bonchev–Trinajstić information content (AvgIpc) is 2.37. The van der Waals surface area contributed by atoms with Crippen molar-refractivity contribution in [3.05, 3.63) is 29.8 Å². The monoisotopic (exact) mass is 294 g/mol. The molecule has 0 unspecified atom stereocenters. The number of ether oxygens (including phenoxy) is 2. The number of hydrogen-bond acceptors (Lipinski definition) is 5. The molecule has 0 fully saturated rings. The molecule has 7 nitrogen and oxygen atoms in total. The van der Waals surface area contributed by atoms with Crippen molar-refractivity contribution in [1.29, 1.82) is 0 Å². The van der Waals surface area contributed by atoms with Gasteiger partial charge in [0.1, 0.15) is 5.75 Å². The number of imide groups is 1. The van der Waals surface area contributed by atoms with Gasteiger partial charge in [0.25, 0.3) is 5.91 Å². The molecule has 0 saturated carbocycles. The minimum atomic E-state index is -1.14. The van der Waals surface area contributed by atoms with E-state index in [4.69, 9.17) is 15.2 Å². The van der Waals surface area contributed by atoms with Gasteiger partial charge in [0.15, 0.2) is 12.2 Å². The standard InChI is InChI=1S/C14H18N2O5/c1-8-5-4-6-11(7-8)20-10(3)13(18)21-9(2)12(17)16-14(15)19/h4-7,9-10H,1-3H3,(H3,15,16,17,19)/t9-,10-/m1/s1. The first kappa shape index (κ1) is 16.5. The highest BCUT2D eigenvalue weighted by atomic mass is 16.6. The first-order valence-electron chi connectivity index (χ1n) is 6.33. The van der Waals surface area contributed by atoms with Gasteiger partial charge in [0.05, 0.1) is 0 Å². The molecule has 0 spiro atoms. The maximum absolute atomic E-state index is 11.8. The lowest BCUT2D eigenvalue weighted by atomic mass is 10.2. The molecule has 2 atom stereocenters. The summed E-state index contributed by atoms with van der Waals surface area (Å²) in [7, 11) is 0. The molecule has 21 heavy (non-hydrogen) atoms. The summed E-state index contributed by atoms with van der Waals surface area (Å²) >= 11 is 0. The van der Waals surface area contributed by atoms with Crippen LogP contribution in [0.1, 0.15) is 19.4 Å². The second-order valence-corrected chi connectivity index (χ2v) is 4.51. The normalized spacial score (nSPS) is 12.9. The van der Waals surface area contributed by atoms with Gasteiger partial charge < -0.3 is 15.2 Å². The van der Waals surface area contributed by atoms with E-state index in [1.54, 1.807) is 18.2 Å². The van der Waals surface area contributed by atoms with Crippen LogP contribution in [0.15, 0.2) is 24.3 Å². The maximum Gasteiger partial charge on any atom is 0.347 e. The lowest BCUT2D eigenvalue weighted by molar-refractivity contribution is -0.160. The molecule has 7 heteroatoms. The number of amides is 3. The van der Waals surface area contributed by atoms with Gasteiger partial charge in [-0.05, 0) is 38.5 Å². The van der Waals surface area contributed by atoms with E-state index >= 15 is 0 Å². The maximum atomic E-state index is 11.8. The summed E-state index contributed by atoms with van der Waals surface area (Å²) in [4.78, 5) is 33.7. The Balaban J connectivity index is 2.54. The van der Waals surface area contributed by atoms with Crippen molar-refractivity contribution in [2.45, 2.75) is 33.0 Å². The fourth-order valence-electron chi connectivity index (χ4n) is 1.49. The predicted molar refractivity (Wildman–Crippen MR) is 74.5 cm³/mol. The van der Waals surface area contributed by atoms with Gasteiger partial charge in [-0.25, -0.2) is 9.59 Å². The smallest absolute Gasteiger partial charge is 0.347 e. The van der Waals surface area contributed by atoms with Gasteiger partial charge in [-0.1, -0.05) is 12.1 Å². The van der Waals surface area contributed by atoms with E-state index in [0.29, 0.717) is 5.75 Å². The summed E-state index contributed by atoms with van der Waals surface area (Å²) in [5, 5.41) is 1.83. The van der Waals surface area contributed by atoms with Crippen LogP contribution in [0, 0.1) is 6.92 Å². The van der Waals surface area contributed by atoms with Crippen LogP contribution in [0.2, 0.25) is 0 Å². The quantitative estimate of drug-likeness (QED) is 0.784. The first-order chi connectivity index (χ1) is 9.79. The lowest BCUT2D eigenvalue weighted by Gasteiger charge is -2.17. The number of rotatable bonds is 5. The third-order valence-corrected chi connectivity index (χ3v) is 2.54. The molecule has 0 aromatic heterocycles. The van der Waals surface area contributed by atoms with Crippen LogP contribution in [-0.4, -0.2) is 30.1 Å². The summed E-state index contributed by atoms with van der Waals surface area (Å²) in [5.74, 6) is -0.990. The van der Waals surface area contributed by atoms with E-state index in [0.717, 1.165) is 5.56 Å². The number of nitrogens with one attached hydrogen (secondary N) is 1. The van der Waals surface area contributed by atoms with Crippen molar-refractivity contribution in [1.82, 2.24) is 5.32 Å². The second-order valence-electron chi connectivity index (χ2n) is 4.51. The zero-order valence-electron chi connectivity index (χ0n) is 12.1. The largest absolute Gasteiger partial charge is 0.479 e. The Morgan fingerprint density at radius 1 is 1.19 bits per heavy atom. The van der Waals surface area contributed by atoms with Gasteiger partial charge in [-0.2, -0.15) is 0 Å². The first-order valence-corrected chi connectivity index (χ1v) is 6.33. The van der Waals surface area contributed by atoms with E-state index < -0.39 is 30.1 Å². The van der Waals surface area contributed by atoms with Crippen molar-refractivity contribution in [2.24, 2.45) is 5.73 Å². The zero-order chi connectivity index (χ0) is 16.0. The van der Waals surface area contributed by atoms with Crippen LogP contribution in [0.3, 0.4) is 0 Å². The molecule has 3 N–H and O–H groups in total. The molecular weight excluding hydrogens is 276 g/mol. The second kappa shape index (κ2) is 7.28. The molecule has 0 bridgehead atoms. The molecule has 0 aliphatic rings. The number of primary amides is 1. The number of esters is 1. The Morgan fingerprint density at radius 3 is 2.43 bits per heavy atom. The molecular formula is C14H18N2O5. The van der Waals surface area contributed by atoms with E-state index in [1.807, 2.05) is 18.3 Å². The van der Waals surface area contributed by atoms with Gasteiger partial charge in [-0.3, -0.25) is 10.1 Å². The number of urea groups is 1. The Bertz CT molecular complexity index is 544. The minimum absolute atomic E-state index is 0.522. The molecule has 1 aromatic carbocycles. The molecule has 0 aliphatic carbocycles. The van der Waals surface area contributed by atoms with Crippen LogP contribution in [0.4, 0.5) is 4.79 Å². The molecule has 0 radical (unpaired) electrons. The number of nitrogens with two attached hydrogens (primary N) is 1. The van der Waals surface area contributed by atoms with Gasteiger partial charge in [0, 0.05) is 0 Å². The van der Waals surface area contributed by atoms with Crippen molar-refractivity contribution < 1.29 is 23.9 Å². The Morgan fingerprint density at radius 2 is 1.86 bits per heavy atom. The fourth-order valence-corrected chi connectivity index (χ4v) is 1.49. The summed E-state index contributed by atoms with van der Waals surface area (Å²) in [6, 6.07) is 6.16. The molecule has 0 aliphatic heterocycles. The third-order valence-electron chi connectivity index (χ3n) is 2.54. The molecule has 1 aromatic rings. The zero-order valence-corrected chi connectivity index (χ0v) is 12.1. The van der Waals surface area contributed by atoms with Gasteiger partial charge in [0.2, 0.25) is 0 Å². The number of benzene rings is 1. The summed E-state index contributed by atoms with van der Waals surface area (Å²) in [5.41, 5.74) is 5.79. The van der Waals surface area contributed by atoms with Crippen LogP contribution < -0.4 is 15.8 Å². The van der Waals surface area contributed by atoms with Crippen LogP contribution in [0.25, 0.3) is 0 Å². The van der Waals surface area contributed by atoms with Crippen LogP contribution in [0.5, 0.6) is 5.75 Å². The number of carbonyl (C=O) groups excluding carboxylic acids is 3. The highest BCUT2D eigenvalue weighted by molar-refractivity contribution is 5.96. The molecule has 0 saturated heterocycles. The SMILES string of the molecule is Cc1cccc(O[C@H](C)C(=O)O[C@H](C)C(=O)NC(N)=O)c1. The third kappa shape index (κ3) is 5.52. The van der Waals surface area contributed by atoms with Gasteiger partial charge >= 0.3 is 12.0 Å². The fraction of sp³-hybridized carbons (Fsp3) is 0.357. The lowest BCUT2D eigenvalue weighted by Crippen LogP contribution is -2.43.